The summed E-state index contributed by atoms with van der Waals surface area (Å²) in [7, 11) is -1.50. The number of halogens is 1. The van der Waals surface area contributed by atoms with Gasteiger partial charge in [-0.1, -0.05) is 11.6 Å². The summed E-state index contributed by atoms with van der Waals surface area (Å²) in [5.74, 6) is 0. The molecule has 2 bridgehead atoms. The standard InChI is InChI=1S/C14H20ClN3O2S/c1-17-11-3-4-12(17)9-18(7-6-11)21(19,20)14-8-10(15)2-5-13(14)16/h2,5,8,11-12H,3-4,6-7,9,16H2,1H3. The first-order valence-electron chi connectivity index (χ1n) is 7.16. The lowest BCUT2D eigenvalue weighted by Crippen LogP contribution is -2.39. The van der Waals surface area contributed by atoms with Gasteiger partial charge in [0.05, 0.1) is 5.69 Å². The second kappa shape index (κ2) is 5.43. The van der Waals surface area contributed by atoms with Gasteiger partial charge >= 0.3 is 0 Å². The van der Waals surface area contributed by atoms with Crippen molar-refractivity contribution in [3.05, 3.63) is 23.2 Å². The van der Waals surface area contributed by atoms with Crippen molar-refractivity contribution in [1.29, 1.82) is 0 Å². The number of benzene rings is 1. The third kappa shape index (κ3) is 2.65. The summed E-state index contributed by atoms with van der Waals surface area (Å²) in [6, 6.07) is 5.39. The molecular weight excluding hydrogens is 310 g/mol. The maximum absolute atomic E-state index is 12.9. The Morgan fingerprint density at radius 3 is 2.71 bits per heavy atom. The van der Waals surface area contributed by atoms with E-state index in [-0.39, 0.29) is 10.6 Å². The van der Waals surface area contributed by atoms with Crippen molar-refractivity contribution in [2.75, 3.05) is 25.9 Å². The van der Waals surface area contributed by atoms with Gasteiger partial charge in [0.15, 0.2) is 0 Å². The quantitative estimate of drug-likeness (QED) is 0.840. The van der Waals surface area contributed by atoms with Gasteiger partial charge in [0.2, 0.25) is 10.0 Å². The van der Waals surface area contributed by atoms with Crippen molar-refractivity contribution < 1.29 is 8.42 Å². The van der Waals surface area contributed by atoms with Crippen LogP contribution in [0.3, 0.4) is 0 Å². The van der Waals surface area contributed by atoms with Crippen LogP contribution in [-0.2, 0) is 10.0 Å². The number of hydrogen-bond acceptors (Lipinski definition) is 4. The molecule has 2 atom stereocenters. The van der Waals surface area contributed by atoms with E-state index in [9.17, 15) is 8.42 Å². The van der Waals surface area contributed by atoms with Crippen LogP contribution in [0.15, 0.2) is 23.1 Å². The van der Waals surface area contributed by atoms with E-state index in [1.54, 1.807) is 16.4 Å². The first-order valence-corrected chi connectivity index (χ1v) is 8.98. The number of likely N-dealkylation sites (N-methyl/N-ethyl adjacent to an activating group) is 1. The molecule has 2 unspecified atom stereocenters. The van der Waals surface area contributed by atoms with Gasteiger partial charge < -0.3 is 5.73 Å². The first-order chi connectivity index (χ1) is 9.89. The normalized spacial score (nSPS) is 27.7. The molecule has 0 amide bonds. The summed E-state index contributed by atoms with van der Waals surface area (Å²) in [5.41, 5.74) is 6.10. The second-order valence-electron chi connectivity index (χ2n) is 5.88. The van der Waals surface area contributed by atoms with Crippen molar-refractivity contribution in [1.82, 2.24) is 9.21 Å². The number of nitrogens with two attached hydrogens (primary N) is 1. The molecule has 2 N–H and O–H groups in total. The lowest BCUT2D eigenvalue weighted by Gasteiger charge is -2.25. The van der Waals surface area contributed by atoms with E-state index in [0.717, 1.165) is 19.3 Å². The van der Waals surface area contributed by atoms with Crippen LogP contribution in [0.4, 0.5) is 5.69 Å². The smallest absolute Gasteiger partial charge is 0.245 e. The topological polar surface area (TPSA) is 66.6 Å². The molecule has 2 saturated heterocycles. The van der Waals surface area contributed by atoms with Gasteiger partial charge in [-0.3, -0.25) is 4.90 Å². The number of sulfonamides is 1. The van der Waals surface area contributed by atoms with Crippen molar-refractivity contribution in [2.45, 2.75) is 36.2 Å². The Bertz CT molecular complexity index is 650. The summed E-state index contributed by atoms with van der Waals surface area (Å²) in [6.45, 7) is 1.07. The molecule has 0 spiro atoms. The maximum Gasteiger partial charge on any atom is 0.245 e. The van der Waals surface area contributed by atoms with E-state index in [1.807, 2.05) is 0 Å². The number of hydrogen-bond donors (Lipinski definition) is 1. The van der Waals surface area contributed by atoms with Crippen molar-refractivity contribution in [2.24, 2.45) is 0 Å². The van der Waals surface area contributed by atoms with Gasteiger partial charge in [-0.15, -0.1) is 0 Å². The lowest BCUT2D eigenvalue weighted by molar-refractivity contribution is 0.246. The van der Waals surface area contributed by atoms with E-state index < -0.39 is 10.0 Å². The monoisotopic (exact) mass is 329 g/mol. The van der Waals surface area contributed by atoms with Crippen molar-refractivity contribution in [3.8, 4) is 0 Å². The minimum Gasteiger partial charge on any atom is -0.398 e. The van der Waals surface area contributed by atoms with E-state index in [1.165, 1.54) is 6.07 Å². The molecule has 0 radical (unpaired) electrons. The highest BCUT2D eigenvalue weighted by Crippen LogP contribution is 2.32. The number of nitrogen functional groups attached to an aromatic ring is 1. The third-order valence-electron chi connectivity index (χ3n) is 4.70. The molecule has 1 aromatic rings. The molecule has 1 aromatic carbocycles. The molecule has 2 aliphatic heterocycles. The number of fused-ring (bicyclic) bond motifs is 2. The molecule has 2 fully saturated rings. The van der Waals surface area contributed by atoms with Gasteiger partial charge in [0, 0.05) is 30.2 Å². The van der Waals surface area contributed by atoms with Crippen LogP contribution in [-0.4, -0.2) is 49.8 Å². The number of rotatable bonds is 2. The molecule has 3 rings (SSSR count). The second-order valence-corrected chi connectivity index (χ2v) is 8.23. The Morgan fingerprint density at radius 2 is 1.95 bits per heavy atom. The highest BCUT2D eigenvalue weighted by atomic mass is 35.5. The Kier molecular flexibility index (Phi) is 3.90. The minimum atomic E-state index is -3.59. The Morgan fingerprint density at radius 1 is 1.24 bits per heavy atom. The van der Waals surface area contributed by atoms with Gasteiger partial charge in [0.25, 0.3) is 0 Å². The Balaban J connectivity index is 1.93. The summed E-state index contributed by atoms with van der Waals surface area (Å²) >= 11 is 5.93. The van der Waals surface area contributed by atoms with Crippen LogP contribution in [0, 0.1) is 0 Å². The van der Waals surface area contributed by atoms with E-state index in [0.29, 0.717) is 30.2 Å². The molecular formula is C14H20ClN3O2S. The predicted molar refractivity (Wildman–Crippen MR) is 83.8 cm³/mol. The number of anilines is 1. The van der Waals surface area contributed by atoms with Gasteiger partial charge in [-0.05, 0) is 44.5 Å². The molecule has 2 aliphatic rings. The Hall–Kier alpha value is -0.820. The van der Waals surface area contributed by atoms with Crippen LogP contribution in [0.1, 0.15) is 19.3 Å². The van der Waals surface area contributed by atoms with Gasteiger partial charge in [-0.25, -0.2) is 8.42 Å². The summed E-state index contributed by atoms with van der Waals surface area (Å²) in [4.78, 5) is 2.44. The predicted octanol–water partition coefficient (Wildman–Crippen LogP) is 1.78. The minimum absolute atomic E-state index is 0.121. The van der Waals surface area contributed by atoms with Crippen LogP contribution in [0.25, 0.3) is 0 Å². The molecule has 5 nitrogen and oxygen atoms in total. The van der Waals surface area contributed by atoms with E-state index in [2.05, 4.69) is 11.9 Å². The zero-order valence-electron chi connectivity index (χ0n) is 12.0. The van der Waals surface area contributed by atoms with Crippen molar-refractivity contribution >= 4 is 27.3 Å². The molecule has 2 heterocycles. The molecule has 7 heteroatoms. The maximum atomic E-state index is 12.9. The zero-order chi connectivity index (χ0) is 15.2. The van der Waals surface area contributed by atoms with Crippen LogP contribution < -0.4 is 5.73 Å². The molecule has 21 heavy (non-hydrogen) atoms. The highest BCUT2D eigenvalue weighted by molar-refractivity contribution is 7.89. The fourth-order valence-electron chi connectivity index (χ4n) is 3.37. The summed E-state index contributed by atoms with van der Waals surface area (Å²) in [6.07, 6.45) is 3.08. The van der Waals surface area contributed by atoms with Gasteiger partial charge in [0.1, 0.15) is 4.90 Å². The zero-order valence-corrected chi connectivity index (χ0v) is 13.6. The average molecular weight is 330 g/mol. The fourth-order valence-corrected chi connectivity index (χ4v) is 5.24. The SMILES string of the molecule is CN1C2CCC1CN(S(=O)(=O)c1cc(Cl)ccc1N)CC2. The highest BCUT2D eigenvalue weighted by Gasteiger charge is 2.39. The molecule has 0 aromatic heterocycles. The van der Waals surface area contributed by atoms with Crippen LogP contribution >= 0.6 is 11.6 Å². The lowest BCUT2D eigenvalue weighted by atomic mass is 10.1. The molecule has 0 aliphatic carbocycles. The number of nitrogens with zero attached hydrogens (tertiary/aromatic N) is 2. The first kappa shape index (κ1) is 15.1. The van der Waals surface area contributed by atoms with Crippen LogP contribution in [0.5, 0.6) is 0 Å². The molecule has 116 valence electrons. The Labute approximate surface area is 130 Å². The van der Waals surface area contributed by atoms with Crippen molar-refractivity contribution in [3.63, 3.8) is 0 Å². The van der Waals surface area contributed by atoms with E-state index >= 15 is 0 Å². The largest absolute Gasteiger partial charge is 0.398 e. The van der Waals surface area contributed by atoms with E-state index in [4.69, 9.17) is 17.3 Å². The summed E-state index contributed by atoms with van der Waals surface area (Å²) < 4.78 is 27.3. The fraction of sp³-hybridized carbons (Fsp3) is 0.571. The van der Waals surface area contributed by atoms with Crippen LogP contribution in [0.2, 0.25) is 5.02 Å². The van der Waals surface area contributed by atoms with Gasteiger partial charge in [-0.2, -0.15) is 4.31 Å². The third-order valence-corrected chi connectivity index (χ3v) is 6.86. The summed E-state index contributed by atoms with van der Waals surface area (Å²) in [5, 5.41) is 0.385. The average Bonchev–Trinajstić information content (AvgIpc) is 2.65. The molecule has 0 saturated carbocycles.